The van der Waals surface area contributed by atoms with Crippen molar-refractivity contribution >= 4 is 18.0 Å². The van der Waals surface area contributed by atoms with Crippen molar-refractivity contribution in [1.29, 1.82) is 0 Å². The third kappa shape index (κ3) is 4.95. The lowest BCUT2D eigenvalue weighted by Gasteiger charge is -2.29. The fraction of sp³-hybridized carbons (Fsp3) is 0.500. The average molecular weight is 364 g/mol. The van der Waals surface area contributed by atoms with Crippen LogP contribution in [-0.4, -0.2) is 59.8 Å². The minimum Gasteiger partial charge on any atom is -0.467 e. The van der Waals surface area contributed by atoms with Crippen molar-refractivity contribution < 1.29 is 29.0 Å². The molecule has 0 unspecified atom stereocenters. The summed E-state index contributed by atoms with van der Waals surface area (Å²) in [5, 5.41) is 12.3. The van der Waals surface area contributed by atoms with E-state index in [1.807, 2.05) is 18.2 Å². The van der Waals surface area contributed by atoms with E-state index in [0.29, 0.717) is 19.4 Å². The van der Waals surface area contributed by atoms with Crippen molar-refractivity contribution in [2.75, 3.05) is 13.7 Å². The van der Waals surface area contributed by atoms with Gasteiger partial charge in [-0.05, 0) is 25.3 Å². The number of carbonyl (C=O) groups is 3. The molecule has 1 fully saturated rings. The van der Waals surface area contributed by atoms with E-state index >= 15 is 0 Å². The summed E-state index contributed by atoms with van der Waals surface area (Å²) in [6.45, 7) is 1.80. The molecule has 1 aromatic rings. The zero-order valence-electron chi connectivity index (χ0n) is 14.9. The van der Waals surface area contributed by atoms with E-state index in [2.05, 4.69) is 5.32 Å². The third-order valence-electron chi connectivity index (χ3n) is 4.24. The lowest BCUT2D eigenvalue weighted by atomic mass is 10.1. The van der Waals surface area contributed by atoms with Crippen LogP contribution < -0.4 is 5.32 Å². The van der Waals surface area contributed by atoms with Gasteiger partial charge in [-0.2, -0.15) is 0 Å². The normalized spacial score (nSPS) is 18.7. The minimum absolute atomic E-state index is 0.0435. The molecule has 0 radical (unpaired) electrons. The predicted octanol–water partition coefficient (Wildman–Crippen LogP) is 0.826. The maximum absolute atomic E-state index is 12.7. The number of carbonyl (C=O) groups excluding carboxylic acids is 3. The van der Waals surface area contributed by atoms with Gasteiger partial charge in [0.05, 0.1) is 13.2 Å². The summed E-state index contributed by atoms with van der Waals surface area (Å²) >= 11 is 0. The number of amides is 2. The van der Waals surface area contributed by atoms with Crippen molar-refractivity contribution in [2.45, 2.75) is 44.6 Å². The second-order valence-electron chi connectivity index (χ2n) is 6.14. The largest absolute Gasteiger partial charge is 0.467 e. The Labute approximate surface area is 152 Å². The minimum atomic E-state index is -1.21. The molecule has 0 aromatic heterocycles. The van der Waals surface area contributed by atoms with Crippen LogP contribution >= 0.6 is 0 Å². The number of likely N-dealkylation sites (tertiary alicyclic amines) is 1. The first-order valence-corrected chi connectivity index (χ1v) is 8.47. The summed E-state index contributed by atoms with van der Waals surface area (Å²) in [5.41, 5.74) is 0.799. The van der Waals surface area contributed by atoms with E-state index in [9.17, 15) is 19.5 Å². The van der Waals surface area contributed by atoms with E-state index in [1.165, 1.54) is 18.9 Å². The molecular weight excluding hydrogens is 340 g/mol. The number of esters is 1. The van der Waals surface area contributed by atoms with Gasteiger partial charge < -0.3 is 24.8 Å². The lowest BCUT2D eigenvalue weighted by molar-refractivity contribution is -0.152. The molecule has 8 heteroatoms. The van der Waals surface area contributed by atoms with Crippen LogP contribution in [0.15, 0.2) is 30.3 Å². The molecule has 1 saturated heterocycles. The number of methoxy groups -OCH3 is 1. The molecule has 1 heterocycles. The number of aliphatic hydroxyl groups is 1. The Hall–Kier alpha value is -2.61. The number of aliphatic hydroxyl groups excluding tert-OH is 1. The first-order valence-electron chi connectivity index (χ1n) is 8.47. The highest BCUT2D eigenvalue weighted by molar-refractivity contribution is 5.90. The van der Waals surface area contributed by atoms with Crippen LogP contribution in [0.25, 0.3) is 0 Å². The Morgan fingerprint density at radius 1 is 1.31 bits per heavy atom. The first kappa shape index (κ1) is 19.7. The highest BCUT2D eigenvalue weighted by Gasteiger charge is 2.39. The van der Waals surface area contributed by atoms with Crippen LogP contribution in [0.1, 0.15) is 25.3 Å². The van der Waals surface area contributed by atoms with Crippen LogP contribution in [0.4, 0.5) is 4.79 Å². The van der Waals surface area contributed by atoms with Crippen LogP contribution in [0, 0.1) is 0 Å². The molecule has 1 aliphatic rings. The second kappa shape index (κ2) is 9.19. The number of hydrogen-bond acceptors (Lipinski definition) is 6. The Morgan fingerprint density at radius 2 is 2.00 bits per heavy atom. The monoisotopic (exact) mass is 364 g/mol. The fourth-order valence-corrected chi connectivity index (χ4v) is 2.87. The summed E-state index contributed by atoms with van der Waals surface area (Å²) in [4.78, 5) is 37.9. The van der Waals surface area contributed by atoms with Crippen LogP contribution in [-0.2, 0) is 25.7 Å². The summed E-state index contributed by atoms with van der Waals surface area (Å²) < 4.78 is 9.81. The number of nitrogens with zero attached hydrogens (tertiary/aromatic N) is 1. The highest BCUT2D eigenvalue weighted by Crippen LogP contribution is 2.20. The molecule has 2 amide bonds. The summed E-state index contributed by atoms with van der Waals surface area (Å²) in [5.74, 6) is -1.04. The molecule has 1 aromatic carbocycles. The number of nitrogens with one attached hydrogen (secondary N) is 1. The van der Waals surface area contributed by atoms with Crippen LogP contribution in [0.2, 0.25) is 0 Å². The SMILES string of the molecule is COC(=O)[C@@H]1CCCN1C(=O)[C@H](NC(=O)OCc1ccccc1)[C@H](C)O. The number of ether oxygens (including phenoxy) is 2. The molecule has 0 spiro atoms. The van der Waals surface area contributed by atoms with Gasteiger partial charge in [0.25, 0.3) is 0 Å². The fourth-order valence-electron chi connectivity index (χ4n) is 2.87. The molecule has 142 valence electrons. The number of benzene rings is 1. The molecule has 1 aliphatic heterocycles. The van der Waals surface area contributed by atoms with E-state index in [1.54, 1.807) is 12.1 Å². The van der Waals surface area contributed by atoms with E-state index in [4.69, 9.17) is 9.47 Å². The van der Waals surface area contributed by atoms with E-state index < -0.39 is 36.2 Å². The first-order chi connectivity index (χ1) is 12.4. The van der Waals surface area contributed by atoms with Crippen molar-refractivity contribution in [3.05, 3.63) is 35.9 Å². The van der Waals surface area contributed by atoms with Gasteiger partial charge in [-0.25, -0.2) is 9.59 Å². The molecule has 2 rings (SSSR count). The van der Waals surface area contributed by atoms with Gasteiger partial charge in [0.1, 0.15) is 18.7 Å². The Bertz CT molecular complexity index is 634. The van der Waals surface area contributed by atoms with Gasteiger partial charge in [0.15, 0.2) is 0 Å². The third-order valence-corrected chi connectivity index (χ3v) is 4.24. The Balaban J connectivity index is 1.97. The average Bonchev–Trinajstić information content (AvgIpc) is 3.13. The van der Waals surface area contributed by atoms with Crippen molar-refractivity contribution in [1.82, 2.24) is 10.2 Å². The quantitative estimate of drug-likeness (QED) is 0.725. The highest BCUT2D eigenvalue weighted by atomic mass is 16.5. The number of rotatable bonds is 6. The van der Waals surface area contributed by atoms with Crippen molar-refractivity contribution in [3.8, 4) is 0 Å². The Kier molecular flexibility index (Phi) is 6.97. The second-order valence-corrected chi connectivity index (χ2v) is 6.14. The maximum atomic E-state index is 12.7. The zero-order valence-corrected chi connectivity index (χ0v) is 14.9. The van der Waals surface area contributed by atoms with Gasteiger partial charge in [0.2, 0.25) is 5.91 Å². The number of alkyl carbamates (subject to hydrolysis) is 1. The summed E-state index contributed by atoms with van der Waals surface area (Å²) in [6.07, 6.45) is -0.826. The van der Waals surface area contributed by atoms with Gasteiger partial charge in [-0.15, -0.1) is 0 Å². The Morgan fingerprint density at radius 3 is 2.62 bits per heavy atom. The molecule has 8 nitrogen and oxygen atoms in total. The molecular formula is C18H24N2O6. The van der Waals surface area contributed by atoms with Gasteiger partial charge in [0, 0.05) is 6.54 Å². The zero-order chi connectivity index (χ0) is 19.1. The van der Waals surface area contributed by atoms with Gasteiger partial charge in [-0.1, -0.05) is 30.3 Å². The molecule has 26 heavy (non-hydrogen) atoms. The number of hydrogen-bond donors (Lipinski definition) is 2. The maximum Gasteiger partial charge on any atom is 0.408 e. The van der Waals surface area contributed by atoms with Crippen molar-refractivity contribution in [3.63, 3.8) is 0 Å². The summed E-state index contributed by atoms with van der Waals surface area (Å²) in [6, 6.07) is 7.18. The summed E-state index contributed by atoms with van der Waals surface area (Å²) in [7, 11) is 1.26. The van der Waals surface area contributed by atoms with E-state index in [0.717, 1.165) is 5.56 Å². The predicted molar refractivity (Wildman–Crippen MR) is 92.0 cm³/mol. The lowest BCUT2D eigenvalue weighted by Crippen LogP contribution is -2.56. The van der Waals surface area contributed by atoms with Gasteiger partial charge in [-0.3, -0.25) is 4.79 Å². The van der Waals surface area contributed by atoms with Crippen LogP contribution in [0.5, 0.6) is 0 Å². The molecule has 0 aliphatic carbocycles. The molecule has 2 N–H and O–H groups in total. The topological polar surface area (TPSA) is 105 Å². The van der Waals surface area contributed by atoms with Crippen LogP contribution in [0.3, 0.4) is 0 Å². The van der Waals surface area contributed by atoms with Crippen molar-refractivity contribution in [2.24, 2.45) is 0 Å². The van der Waals surface area contributed by atoms with Gasteiger partial charge >= 0.3 is 12.1 Å². The molecule has 0 saturated carbocycles. The molecule has 0 bridgehead atoms. The standard InChI is InChI=1S/C18H24N2O6/c1-12(21)15(16(22)20-10-6-9-14(20)17(23)25-2)19-18(24)26-11-13-7-4-3-5-8-13/h3-5,7-8,12,14-15,21H,6,9-11H2,1-2H3,(H,19,24)/t12-,14-,15+/m0/s1. The van der Waals surface area contributed by atoms with E-state index in [-0.39, 0.29) is 6.61 Å². The smallest absolute Gasteiger partial charge is 0.408 e. The molecule has 3 atom stereocenters.